The normalized spacial score (nSPS) is 14.2. The molecule has 0 aliphatic heterocycles. The Kier molecular flexibility index (Phi) is 8.25. The second kappa shape index (κ2) is 8.56. The number of carbonyl (C=O) groups excluding carboxylic acids is 1. The molecule has 5 heteroatoms. The van der Waals surface area contributed by atoms with Gasteiger partial charge in [-0.3, -0.25) is 0 Å². The number of hydrogen-bond acceptors (Lipinski definition) is 4. The molecule has 0 bridgehead atoms. The van der Waals surface area contributed by atoms with Crippen molar-refractivity contribution in [3.63, 3.8) is 0 Å². The maximum atomic E-state index is 11.1. The maximum Gasteiger partial charge on any atom is 0.333 e. The lowest BCUT2D eigenvalue weighted by Crippen LogP contribution is -2.27. The summed E-state index contributed by atoms with van der Waals surface area (Å²) in [7, 11) is 0. The molecule has 0 aromatic heterocycles. The summed E-state index contributed by atoms with van der Waals surface area (Å²) in [5.74, 6) is -0.304. The van der Waals surface area contributed by atoms with E-state index in [1.807, 2.05) is 6.92 Å². The van der Waals surface area contributed by atoms with E-state index in [-0.39, 0.29) is 25.2 Å². The molecule has 0 fully saturated rings. The molecule has 0 aliphatic carbocycles. The Labute approximate surface area is 101 Å². The summed E-state index contributed by atoms with van der Waals surface area (Å²) in [5, 5.41) is 9.19. The summed E-state index contributed by atoms with van der Waals surface area (Å²) in [4.78, 5) is 11.1. The SMILES string of the molecule is C=C(C)C(=O)OCC(CC)OCC(O)CCl. The number of carbonyl (C=O) groups is 1. The Morgan fingerprint density at radius 3 is 2.56 bits per heavy atom. The molecule has 4 nitrogen and oxygen atoms in total. The van der Waals surface area contributed by atoms with Crippen molar-refractivity contribution in [1.29, 1.82) is 0 Å². The number of rotatable bonds is 8. The van der Waals surface area contributed by atoms with Gasteiger partial charge in [-0.15, -0.1) is 11.6 Å². The molecule has 2 atom stereocenters. The van der Waals surface area contributed by atoms with Crippen molar-refractivity contribution < 1.29 is 19.4 Å². The summed E-state index contributed by atoms with van der Waals surface area (Å²) in [6.07, 6.45) is -0.216. The zero-order chi connectivity index (χ0) is 12.6. The van der Waals surface area contributed by atoms with E-state index in [0.29, 0.717) is 12.0 Å². The molecule has 0 aromatic rings. The smallest absolute Gasteiger partial charge is 0.333 e. The average molecular weight is 251 g/mol. The van der Waals surface area contributed by atoms with Crippen LogP contribution in [0.4, 0.5) is 0 Å². The largest absolute Gasteiger partial charge is 0.460 e. The van der Waals surface area contributed by atoms with E-state index in [1.165, 1.54) is 0 Å². The first kappa shape index (κ1) is 15.4. The van der Waals surface area contributed by atoms with Crippen LogP contribution in [0.5, 0.6) is 0 Å². The molecule has 0 saturated heterocycles. The molecule has 1 N–H and O–H groups in total. The first-order chi connectivity index (χ1) is 7.51. The zero-order valence-electron chi connectivity index (χ0n) is 9.74. The number of aliphatic hydroxyl groups is 1. The summed E-state index contributed by atoms with van der Waals surface area (Å²) in [6.45, 7) is 7.28. The molecule has 0 aromatic carbocycles. The van der Waals surface area contributed by atoms with E-state index in [4.69, 9.17) is 21.1 Å². The minimum absolute atomic E-state index is 0.127. The van der Waals surface area contributed by atoms with Crippen LogP contribution in [0.1, 0.15) is 20.3 Å². The standard InChI is InChI=1S/C11H19ClO4/c1-4-10(15-6-9(13)5-12)7-16-11(14)8(2)3/h9-10,13H,2,4-7H2,1,3H3. The van der Waals surface area contributed by atoms with Crippen LogP contribution in [0.15, 0.2) is 12.2 Å². The van der Waals surface area contributed by atoms with Crippen LogP contribution in [-0.2, 0) is 14.3 Å². The van der Waals surface area contributed by atoms with Gasteiger partial charge in [0.15, 0.2) is 0 Å². The van der Waals surface area contributed by atoms with Gasteiger partial charge < -0.3 is 14.6 Å². The molecule has 0 spiro atoms. The zero-order valence-corrected chi connectivity index (χ0v) is 10.5. The Bertz CT molecular complexity index is 230. The van der Waals surface area contributed by atoms with Gasteiger partial charge in [0.05, 0.1) is 24.7 Å². The highest BCUT2D eigenvalue weighted by Crippen LogP contribution is 2.03. The molecule has 94 valence electrons. The third-order valence-electron chi connectivity index (χ3n) is 1.91. The van der Waals surface area contributed by atoms with E-state index < -0.39 is 12.1 Å². The fraction of sp³-hybridized carbons (Fsp3) is 0.727. The number of esters is 1. The number of alkyl halides is 1. The topological polar surface area (TPSA) is 55.8 Å². The maximum absolute atomic E-state index is 11.1. The Morgan fingerprint density at radius 2 is 2.12 bits per heavy atom. The quantitative estimate of drug-likeness (QED) is 0.403. The minimum atomic E-state index is -0.687. The third-order valence-corrected chi connectivity index (χ3v) is 2.26. The fourth-order valence-corrected chi connectivity index (χ4v) is 0.956. The minimum Gasteiger partial charge on any atom is -0.460 e. The highest BCUT2D eigenvalue weighted by molar-refractivity contribution is 6.18. The Hall–Kier alpha value is -0.580. The predicted molar refractivity (Wildman–Crippen MR) is 62.5 cm³/mol. The summed E-state index contributed by atoms with van der Waals surface area (Å²) in [6, 6.07) is 0. The number of halogens is 1. The van der Waals surface area contributed by atoms with Crippen LogP contribution in [0.3, 0.4) is 0 Å². The molecular weight excluding hydrogens is 232 g/mol. The first-order valence-corrected chi connectivity index (χ1v) is 5.72. The van der Waals surface area contributed by atoms with E-state index in [2.05, 4.69) is 6.58 Å². The lowest BCUT2D eigenvalue weighted by atomic mass is 10.3. The van der Waals surface area contributed by atoms with Crippen molar-refractivity contribution in [3.8, 4) is 0 Å². The van der Waals surface area contributed by atoms with Gasteiger partial charge >= 0.3 is 5.97 Å². The van der Waals surface area contributed by atoms with Crippen molar-refractivity contribution in [2.24, 2.45) is 0 Å². The highest BCUT2D eigenvalue weighted by atomic mass is 35.5. The fourth-order valence-electron chi connectivity index (χ4n) is 0.867. The van der Waals surface area contributed by atoms with Crippen molar-refractivity contribution >= 4 is 17.6 Å². The second-order valence-corrected chi connectivity index (χ2v) is 3.86. The van der Waals surface area contributed by atoms with Crippen LogP contribution >= 0.6 is 11.6 Å². The van der Waals surface area contributed by atoms with Gasteiger partial charge in [-0.25, -0.2) is 4.79 Å². The number of ether oxygens (including phenoxy) is 2. The molecule has 0 amide bonds. The summed E-state index contributed by atoms with van der Waals surface area (Å²) >= 11 is 5.42. The van der Waals surface area contributed by atoms with Crippen LogP contribution in [-0.4, -0.2) is 42.4 Å². The third kappa shape index (κ3) is 6.82. The van der Waals surface area contributed by atoms with Gasteiger partial charge in [-0.1, -0.05) is 13.5 Å². The molecular formula is C11H19ClO4. The van der Waals surface area contributed by atoms with Gasteiger partial charge in [0.2, 0.25) is 0 Å². The highest BCUT2D eigenvalue weighted by Gasteiger charge is 2.13. The second-order valence-electron chi connectivity index (χ2n) is 3.55. The molecule has 0 saturated carbocycles. The molecule has 0 aliphatic rings. The molecule has 16 heavy (non-hydrogen) atoms. The lowest BCUT2D eigenvalue weighted by molar-refractivity contribution is -0.144. The van der Waals surface area contributed by atoms with Crippen molar-refractivity contribution in [2.45, 2.75) is 32.5 Å². The van der Waals surface area contributed by atoms with Gasteiger partial charge in [-0.2, -0.15) is 0 Å². The van der Waals surface area contributed by atoms with Gasteiger partial charge in [0, 0.05) is 5.57 Å². The van der Waals surface area contributed by atoms with Crippen LogP contribution in [0, 0.1) is 0 Å². The van der Waals surface area contributed by atoms with E-state index >= 15 is 0 Å². The Morgan fingerprint density at radius 1 is 1.50 bits per heavy atom. The van der Waals surface area contributed by atoms with Crippen molar-refractivity contribution in [3.05, 3.63) is 12.2 Å². The van der Waals surface area contributed by atoms with Gasteiger partial charge in [-0.05, 0) is 13.3 Å². The number of hydrogen-bond donors (Lipinski definition) is 1. The van der Waals surface area contributed by atoms with Crippen LogP contribution < -0.4 is 0 Å². The first-order valence-electron chi connectivity index (χ1n) is 5.19. The predicted octanol–water partition coefficient (Wildman–Crippen LogP) is 1.50. The lowest BCUT2D eigenvalue weighted by Gasteiger charge is -2.17. The van der Waals surface area contributed by atoms with Crippen LogP contribution in [0.25, 0.3) is 0 Å². The van der Waals surface area contributed by atoms with Crippen molar-refractivity contribution in [1.82, 2.24) is 0 Å². The van der Waals surface area contributed by atoms with Gasteiger partial charge in [0.1, 0.15) is 6.61 Å². The monoisotopic (exact) mass is 250 g/mol. The van der Waals surface area contributed by atoms with E-state index in [0.717, 1.165) is 0 Å². The Balaban J connectivity index is 3.83. The molecule has 0 heterocycles. The van der Waals surface area contributed by atoms with E-state index in [1.54, 1.807) is 6.92 Å². The average Bonchev–Trinajstić information content (AvgIpc) is 2.28. The van der Waals surface area contributed by atoms with Crippen molar-refractivity contribution in [2.75, 3.05) is 19.1 Å². The molecule has 0 radical (unpaired) electrons. The van der Waals surface area contributed by atoms with E-state index in [9.17, 15) is 9.90 Å². The molecule has 0 rings (SSSR count). The number of aliphatic hydroxyl groups excluding tert-OH is 1. The molecule has 2 unspecified atom stereocenters. The van der Waals surface area contributed by atoms with Crippen LogP contribution in [0.2, 0.25) is 0 Å². The summed E-state index contributed by atoms with van der Waals surface area (Å²) in [5.41, 5.74) is 0.357. The van der Waals surface area contributed by atoms with Gasteiger partial charge in [0.25, 0.3) is 0 Å². The summed E-state index contributed by atoms with van der Waals surface area (Å²) < 4.78 is 10.3.